The number of halogens is 1. The molecule has 0 saturated heterocycles. The lowest BCUT2D eigenvalue weighted by Crippen LogP contribution is -2.37. The summed E-state index contributed by atoms with van der Waals surface area (Å²) < 4.78 is 25.1. The van der Waals surface area contributed by atoms with E-state index in [-0.39, 0.29) is 16.4 Å². The lowest BCUT2D eigenvalue weighted by Gasteiger charge is -2.22. The number of ketones is 1. The van der Waals surface area contributed by atoms with Gasteiger partial charge in [-0.25, -0.2) is 8.42 Å². The maximum Gasteiger partial charge on any atom is 0.164 e. The van der Waals surface area contributed by atoms with E-state index < -0.39 is 15.1 Å². The highest BCUT2D eigenvalue weighted by atomic mass is 79.9. The summed E-state index contributed by atoms with van der Waals surface area (Å²) in [5.74, 6) is -0.218. The standard InChI is InChI=1S/C15H19BrO3S/c16-13-9-5-2-6-10-14(15(13)17)20(18,19)11-12-7-3-1-4-8-12/h1,3-4,7-8,13-14H,2,5-6,9-11H2. The average molecular weight is 359 g/mol. The molecule has 1 aliphatic rings. The second-order valence-corrected chi connectivity index (χ2v) is 8.58. The van der Waals surface area contributed by atoms with Gasteiger partial charge in [-0.15, -0.1) is 0 Å². The van der Waals surface area contributed by atoms with E-state index in [1.807, 2.05) is 18.2 Å². The van der Waals surface area contributed by atoms with Gasteiger partial charge in [0.05, 0.1) is 10.6 Å². The summed E-state index contributed by atoms with van der Waals surface area (Å²) in [7, 11) is -3.44. The maximum atomic E-state index is 12.5. The molecule has 110 valence electrons. The summed E-state index contributed by atoms with van der Waals surface area (Å²) in [6.07, 6.45) is 3.97. The summed E-state index contributed by atoms with van der Waals surface area (Å²) in [5.41, 5.74) is 0.744. The van der Waals surface area contributed by atoms with Crippen molar-refractivity contribution >= 4 is 31.6 Å². The van der Waals surface area contributed by atoms with Gasteiger partial charge in [-0.05, 0) is 18.4 Å². The Kier molecular flexibility index (Phi) is 5.38. The summed E-state index contributed by atoms with van der Waals surface area (Å²) in [5, 5.41) is -0.854. The van der Waals surface area contributed by atoms with Crippen LogP contribution in [-0.2, 0) is 20.4 Å². The molecule has 1 aromatic rings. The Morgan fingerprint density at radius 2 is 1.70 bits per heavy atom. The molecule has 0 spiro atoms. The van der Waals surface area contributed by atoms with Crippen LogP contribution < -0.4 is 0 Å². The van der Waals surface area contributed by atoms with Gasteiger partial charge in [-0.3, -0.25) is 4.79 Å². The Balaban J connectivity index is 2.19. The van der Waals surface area contributed by atoms with Crippen molar-refractivity contribution in [3.05, 3.63) is 35.9 Å². The van der Waals surface area contributed by atoms with Crippen LogP contribution >= 0.6 is 15.9 Å². The van der Waals surface area contributed by atoms with Gasteiger partial charge in [0.25, 0.3) is 0 Å². The molecule has 5 heteroatoms. The number of carbonyl (C=O) groups is 1. The highest BCUT2D eigenvalue weighted by Crippen LogP contribution is 2.26. The van der Waals surface area contributed by atoms with Crippen LogP contribution in [0.3, 0.4) is 0 Å². The molecule has 1 aromatic carbocycles. The summed E-state index contributed by atoms with van der Waals surface area (Å²) in [4.78, 5) is 12.0. The number of hydrogen-bond donors (Lipinski definition) is 0. The molecule has 0 aromatic heterocycles. The topological polar surface area (TPSA) is 51.2 Å². The molecular weight excluding hydrogens is 340 g/mol. The van der Waals surface area contributed by atoms with Crippen LogP contribution in [0.15, 0.2) is 30.3 Å². The van der Waals surface area contributed by atoms with E-state index in [0.717, 1.165) is 31.2 Å². The van der Waals surface area contributed by atoms with Crippen molar-refractivity contribution in [2.24, 2.45) is 0 Å². The minimum atomic E-state index is -3.44. The molecule has 2 atom stereocenters. The second kappa shape index (κ2) is 6.85. The van der Waals surface area contributed by atoms with Gasteiger partial charge in [0, 0.05) is 0 Å². The van der Waals surface area contributed by atoms with E-state index in [1.165, 1.54) is 0 Å². The number of alkyl halides is 1. The molecule has 0 bridgehead atoms. The van der Waals surface area contributed by atoms with Crippen molar-refractivity contribution < 1.29 is 13.2 Å². The molecule has 0 aliphatic heterocycles. The number of sulfone groups is 1. The summed E-state index contributed by atoms with van der Waals surface area (Å²) >= 11 is 3.34. The zero-order chi connectivity index (χ0) is 14.6. The monoisotopic (exact) mass is 358 g/mol. The smallest absolute Gasteiger partial charge is 0.164 e. The van der Waals surface area contributed by atoms with Gasteiger partial charge in [-0.2, -0.15) is 0 Å². The normalized spacial score (nSPS) is 24.9. The second-order valence-electron chi connectivity index (χ2n) is 5.29. The third-order valence-electron chi connectivity index (χ3n) is 3.69. The zero-order valence-corrected chi connectivity index (χ0v) is 13.7. The lowest BCUT2D eigenvalue weighted by atomic mass is 9.99. The fraction of sp³-hybridized carbons (Fsp3) is 0.533. The highest BCUT2D eigenvalue weighted by Gasteiger charge is 2.36. The van der Waals surface area contributed by atoms with E-state index in [1.54, 1.807) is 12.1 Å². The molecular formula is C15H19BrO3S. The maximum absolute atomic E-state index is 12.5. The molecule has 0 amide bonds. The first-order chi connectivity index (χ1) is 9.50. The quantitative estimate of drug-likeness (QED) is 0.779. The van der Waals surface area contributed by atoms with Crippen LogP contribution in [0.2, 0.25) is 0 Å². The molecule has 1 saturated carbocycles. The van der Waals surface area contributed by atoms with E-state index in [9.17, 15) is 13.2 Å². The third-order valence-corrected chi connectivity index (χ3v) is 6.67. The van der Waals surface area contributed by atoms with Gasteiger partial charge in [-0.1, -0.05) is 65.5 Å². The minimum absolute atomic E-state index is 0.0516. The van der Waals surface area contributed by atoms with Crippen LogP contribution in [0.5, 0.6) is 0 Å². The van der Waals surface area contributed by atoms with E-state index in [0.29, 0.717) is 6.42 Å². The molecule has 20 heavy (non-hydrogen) atoms. The molecule has 2 unspecified atom stereocenters. The van der Waals surface area contributed by atoms with Crippen LogP contribution in [0.25, 0.3) is 0 Å². The number of hydrogen-bond acceptors (Lipinski definition) is 3. The Bertz CT molecular complexity index is 554. The predicted molar refractivity (Wildman–Crippen MR) is 83.7 cm³/mol. The van der Waals surface area contributed by atoms with Gasteiger partial charge >= 0.3 is 0 Å². The largest absolute Gasteiger partial charge is 0.297 e. The zero-order valence-electron chi connectivity index (χ0n) is 11.3. The number of Topliss-reactive ketones (excluding diaryl/α,β-unsaturated/α-hetero) is 1. The Morgan fingerprint density at radius 3 is 2.40 bits per heavy atom. The first-order valence-corrected chi connectivity index (χ1v) is 9.57. The summed E-state index contributed by atoms with van der Waals surface area (Å²) in [6, 6.07) is 9.06. The predicted octanol–water partition coefficient (Wildman–Crippen LogP) is 3.27. The molecule has 0 heterocycles. The van der Waals surface area contributed by atoms with Crippen LogP contribution in [0.4, 0.5) is 0 Å². The number of carbonyl (C=O) groups excluding carboxylic acids is 1. The Hall–Kier alpha value is -0.680. The van der Waals surface area contributed by atoms with Crippen LogP contribution in [0, 0.1) is 0 Å². The first-order valence-electron chi connectivity index (χ1n) is 6.94. The van der Waals surface area contributed by atoms with Crippen molar-refractivity contribution in [2.45, 2.75) is 47.9 Å². The number of benzene rings is 1. The highest BCUT2D eigenvalue weighted by molar-refractivity contribution is 9.10. The van der Waals surface area contributed by atoms with Crippen LogP contribution in [0.1, 0.15) is 37.7 Å². The van der Waals surface area contributed by atoms with Crippen molar-refractivity contribution in [3.63, 3.8) is 0 Å². The molecule has 2 rings (SSSR count). The minimum Gasteiger partial charge on any atom is -0.297 e. The molecule has 3 nitrogen and oxygen atoms in total. The van der Waals surface area contributed by atoms with Gasteiger partial charge in [0.15, 0.2) is 15.6 Å². The van der Waals surface area contributed by atoms with Gasteiger partial charge in [0.1, 0.15) is 5.25 Å². The number of rotatable bonds is 3. The van der Waals surface area contributed by atoms with Crippen LogP contribution in [-0.4, -0.2) is 24.3 Å². The van der Waals surface area contributed by atoms with Gasteiger partial charge < -0.3 is 0 Å². The average Bonchev–Trinajstić information content (AvgIpc) is 2.40. The van der Waals surface area contributed by atoms with Crippen molar-refractivity contribution in [2.75, 3.05) is 0 Å². The van der Waals surface area contributed by atoms with E-state index in [2.05, 4.69) is 15.9 Å². The fourth-order valence-electron chi connectivity index (χ4n) is 2.58. The Morgan fingerprint density at radius 1 is 1.05 bits per heavy atom. The molecule has 1 fully saturated rings. The van der Waals surface area contributed by atoms with Crippen molar-refractivity contribution in [1.29, 1.82) is 0 Å². The molecule has 0 radical (unpaired) electrons. The van der Waals surface area contributed by atoms with Gasteiger partial charge in [0.2, 0.25) is 0 Å². The van der Waals surface area contributed by atoms with Crippen molar-refractivity contribution in [1.82, 2.24) is 0 Å². The molecule has 0 N–H and O–H groups in total. The molecule has 1 aliphatic carbocycles. The Labute approximate surface area is 128 Å². The SMILES string of the molecule is O=C1C(Br)CCCCCC1S(=O)(=O)Cc1ccccc1. The third kappa shape index (κ3) is 3.92. The van der Waals surface area contributed by atoms with Crippen molar-refractivity contribution in [3.8, 4) is 0 Å². The summed E-state index contributed by atoms with van der Waals surface area (Å²) in [6.45, 7) is 0. The van der Waals surface area contributed by atoms with E-state index in [4.69, 9.17) is 0 Å². The van der Waals surface area contributed by atoms with E-state index >= 15 is 0 Å². The fourth-order valence-corrected chi connectivity index (χ4v) is 5.30. The first kappa shape index (κ1) is 15.7. The lowest BCUT2D eigenvalue weighted by molar-refractivity contribution is -0.118.